The van der Waals surface area contributed by atoms with Gasteiger partial charge in [-0.1, -0.05) is 11.6 Å². The number of nitrogens with zero attached hydrogens (tertiary/aromatic N) is 1. The highest BCUT2D eigenvalue weighted by molar-refractivity contribution is 6.34. The van der Waals surface area contributed by atoms with E-state index in [-0.39, 0.29) is 11.8 Å². The molecule has 1 saturated carbocycles. The Morgan fingerprint density at radius 2 is 2.33 bits per heavy atom. The van der Waals surface area contributed by atoms with Crippen LogP contribution < -0.4 is 5.76 Å². The molecule has 0 radical (unpaired) electrons. The molecule has 0 spiro atoms. The molecule has 2 atom stereocenters. The molecular formula is C14H14ClNO5. The van der Waals surface area contributed by atoms with Crippen LogP contribution >= 0.6 is 11.6 Å². The fraction of sp³-hybridized carbons (Fsp3) is 0.429. The molecular weight excluding hydrogens is 298 g/mol. The van der Waals surface area contributed by atoms with Gasteiger partial charge in [0.15, 0.2) is 5.58 Å². The maximum absolute atomic E-state index is 11.5. The third-order valence-corrected chi connectivity index (χ3v) is 4.03. The van der Waals surface area contributed by atoms with Crippen molar-refractivity contribution in [3.8, 4) is 0 Å². The number of ether oxygens (including phenoxy) is 1. The monoisotopic (exact) mass is 311 g/mol. The molecule has 0 aliphatic heterocycles. The minimum absolute atomic E-state index is 0.0972. The average molecular weight is 312 g/mol. The first kappa shape index (κ1) is 14.2. The highest BCUT2D eigenvalue weighted by Gasteiger charge is 2.43. The minimum atomic E-state index is -0.763. The van der Waals surface area contributed by atoms with Crippen LogP contribution in [0.4, 0.5) is 0 Å². The van der Waals surface area contributed by atoms with E-state index in [4.69, 9.17) is 25.9 Å². The smallest absolute Gasteiger partial charge is 0.419 e. The molecule has 21 heavy (non-hydrogen) atoms. The molecule has 1 aliphatic carbocycles. The van der Waals surface area contributed by atoms with Gasteiger partial charge in [-0.3, -0.25) is 9.36 Å². The molecule has 1 fully saturated rings. The molecule has 7 heteroatoms. The topological polar surface area (TPSA) is 81.7 Å². The van der Waals surface area contributed by atoms with Crippen molar-refractivity contribution in [3.05, 3.63) is 33.3 Å². The number of halogens is 1. The number of rotatable bonds is 5. The van der Waals surface area contributed by atoms with Crippen LogP contribution in [0.1, 0.15) is 12.0 Å². The maximum Gasteiger partial charge on any atom is 0.419 e. The van der Waals surface area contributed by atoms with E-state index in [9.17, 15) is 9.59 Å². The fourth-order valence-corrected chi connectivity index (χ4v) is 2.66. The van der Waals surface area contributed by atoms with Crippen LogP contribution in [0.5, 0.6) is 0 Å². The zero-order chi connectivity index (χ0) is 15.1. The summed E-state index contributed by atoms with van der Waals surface area (Å²) < 4.78 is 12.0. The number of hydrogen-bond donors (Lipinski definition) is 1. The summed E-state index contributed by atoms with van der Waals surface area (Å²) in [7, 11) is 1.61. The molecule has 3 rings (SSSR count). The average Bonchev–Trinajstić information content (AvgIpc) is 3.14. The second-order valence-electron chi connectivity index (χ2n) is 5.31. The van der Waals surface area contributed by atoms with Gasteiger partial charge in [-0.15, -0.1) is 0 Å². The molecule has 6 nitrogen and oxygen atoms in total. The lowest BCUT2D eigenvalue weighted by molar-refractivity contribution is -0.139. The highest BCUT2D eigenvalue weighted by Crippen LogP contribution is 2.38. The number of aliphatic carboxylic acids is 1. The normalized spacial score (nSPS) is 20.9. The third-order valence-electron chi connectivity index (χ3n) is 3.75. The van der Waals surface area contributed by atoms with Crippen LogP contribution in [-0.4, -0.2) is 22.2 Å². The number of aryl methyl sites for hydroxylation is 1. The van der Waals surface area contributed by atoms with E-state index in [2.05, 4.69) is 0 Å². The maximum atomic E-state index is 11.5. The van der Waals surface area contributed by atoms with Gasteiger partial charge >= 0.3 is 11.7 Å². The summed E-state index contributed by atoms with van der Waals surface area (Å²) in [6.45, 7) is 0.731. The lowest BCUT2D eigenvalue weighted by atomic mass is 10.2. The molecule has 1 aliphatic rings. The molecule has 1 N–H and O–H groups in total. The number of carboxylic acids is 1. The summed E-state index contributed by atoms with van der Waals surface area (Å²) in [5.74, 6) is -1.40. The molecule has 112 valence electrons. The van der Waals surface area contributed by atoms with Crippen LogP contribution in [0.2, 0.25) is 5.02 Å². The summed E-state index contributed by atoms with van der Waals surface area (Å²) in [5, 5.41) is 9.17. The predicted molar refractivity (Wildman–Crippen MR) is 75.4 cm³/mol. The van der Waals surface area contributed by atoms with Crippen molar-refractivity contribution in [2.75, 3.05) is 6.61 Å². The van der Waals surface area contributed by atoms with E-state index in [1.807, 2.05) is 0 Å². The first-order valence-corrected chi connectivity index (χ1v) is 6.93. The fourth-order valence-electron chi connectivity index (χ4n) is 2.38. The Morgan fingerprint density at radius 3 is 3.00 bits per heavy atom. The van der Waals surface area contributed by atoms with Crippen molar-refractivity contribution < 1.29 is 19.1 Å². The SMILES string of the molecule is Cn1c(=O)oc2c(Cl)cc(COCC3CC3C(=O)O)cc21. The van der Waals surface area contributed by atoms with Crippen molar-refractivity contribution >= 4 is 28.7 Å². The number of fused-ring (bicyclic) bond motifs is 1. The molecule has 0 amide bonds. The van der Waals surface area contributed by atoms with E-state index in [0.29, 0.717) is 35.8 Å². The minimum Gasteiger partial charge on any atom is -0.481 e. The van der Waals surface area contributed by atoms with Crippen molar-refractivity contribution in [1.29, 1.82) is 0 Å². The van der Waals surface area contributed by atoms with Gasteiger partial charge in [0.1, 0.15) is 0 Å². The Balaban J connectivity index is 1.69. The molecule has 1 heterocycles. The largest absolute Gasteiger partial charge is 0.481 e. The molecule has 0 saturated heterocycles. The number of carbonyl (C=O) groups is 1. The van der Waals surface area contributed by atoms with Gasteiger partial charge in [0.05, 0.1) is 29.7 Å². The lowest BCUT2D eigenvalue weighted by Gasteiger charge is -2.05. The van der Waals surface area contributed by atoms with E-state index in [1.165, 1.54) is 4.57 Å². The Bertz CT molecular complexity index is 763. The van der Waals surface area contributed by atoms with Gasteiger partial charge in [0, 0.05) is 7.05 Å². The first-order valence-electron chi connectivity index (χ1n) is 6.56. The zero-order valence-electron chi connectivity index (χ0n) is 11.3. The summed E-state index contributed by atoms with van der Waals surface area (Å²) in [5.41, 5.74) is 1.79. The van der Waals surface area contributed by atoms with Gasteiger partial charge in [0.2, 0.25) is 0 Å². The number of carboxylic acid groups (broad SMARTS) is 1. The van der Waals surface area contributed by atoms with Gasteiger partial charge in [-0.25, -0.2) is 4.79 Å². The van der Waals surface area contributed by atoms with Crippen LogP contribution in [0.15, 0.2) is 21.3 Å². The second-order valence-corrected chi connectivity index (χ2v) is 5.72. The van der Waals surface area contributed by atoms with E-state index < -0.39 is 11.7 Å². The van der Waals surface area contributed by atoms with E-state index >= 15 is 0 Å². The molecule has 1 aromatic carbocycles. The summed E-state index contributed by atoms with van der Waals surface area (Å²) in [6, 6.07) is 3.47. The van der Waals surface area contributed by atoms with Crippen molar-refractivity contribution in [2.45, 2.75) is 13.0 Å². The van der Waals surface area contributed by atoms with Crippen molar-refractivity contribution in [1.82, 2.24) is 4.57 Å². The van der Waals surface area contributed by atoms with Crippen LogP contribution in [0.25, 0.3) is 11.1 Å². The number of hydrogen-bond acceptors (Lipinski definition) is 4. The van der Waals surface area contributed by atoms with Crippen LogP contribution in [0.3, 0.4) is 0 Å². The number of oxazole rings is 1. The summed E-state index contributed by atoms with van der Waals surface area (Å²) in [4.78, 5) is 22.2. The Kier molecular flexibility index (Phi) is 3.51. The molecule has 1 aromatic heterocycles. The van der Waals surface area contributed by atoms with Crippen LogP contribution in [0, 0.1) is 11.8 Å². The Hall–Kier alpha value is -1.79. The quantitative estimate of drug-likeness (QED) is 0.913. The Morgan fingerprint density at radius 1 is 1.57 bits per heavy atom. The number of aromatic nitrogens is 1. The molecule has 2 unspecified atom stereocenters. The van der Waals surface area contributed by atoms with Crippen molar-refractivity contribution in [2.24, 2.45) is 18.9 Å². The van der Waals surface area contributed by atoms with Crippen molar-refractivity contribution in [3.63, 3.8) is 0 Å². The third kappa shape index (κ3) is 2.69. The summed E-state index contributed by atoms with van der Waals surface area (Å²) in [6.07, 6.45) is 0.672. The van der Waals surface area contributed by atoms with Gasteiger partial charge in [-0.2, -0.15) is 0 Å². The standard InChI is InChI=1S/C14H14ClNO5/c1-16-11-3-7(2-10(15)12(11)21-14(16)19)5-20-6-8-4-9(8)13(17)18/h2-3,8-9H,4-6H2,1H3,(H,17,18). The highest BCUT2D eigenvalue weighted by atomic mass is 35.5. The first-order chi connectivity index (χ1) is 9.97. The van der Waals surface area contributed by atoms with Gasteiger partial charge in [0.25, 0.3) is 0 Å². The summed E-state index contributed by atoms with van der Waals surface area (Å²) >= 11 is 6.09. The van der Waals surface area contributed by atoms with Gasteiger partial charge in [-0.05, 0) is 30.0 Å². The van der Waals surface area contributed by atoms with E-state index in [0.717, 1.165) is 5.56 Å². The second kappa shape index (κ2) is 5.20. The zero-order valence-corrected chi connectivity index (χ0v) is 12.1. The molecule has 2 aromatic rings. The molecule has 0 bridgehead atoms. The van der Waals surface area contributed by atoms with Gasteiger partial charge < -0.3 is 14.3 Å². The Labute approximate surface area is 124 Å². The predicted octanol–water partition coefficient (Wildman–Crippen LogP) is 2.02. The van der Waals surface area contributed by atoms with E-state index in [1.54, 1.807) is 19.2 Å². The van der Waals surface area contributed by atoms with Crippen LogP contribution in [-0.2, 0) is 23.2 Å². The number of benzene rings is 1. The lowest BCUT2D eigenvalue weighted by Crippen LogP contribution is -2.08.